The summed E-state index contributed by atoms with van der Waals surface area (Å²) >= 11 is 3.50. The number of aromatic nitrogens is 4. The van der Waals surface area contributed by atoms with Gasteiger partial charge in [-0.2, -0.15) is 0 Å². The molecule has 6 nitrogen and oxygen atoms in total. The molecule has 0 saturated carbocycles. The van der Waals surface area contributed by atoms with E-state index in [1.165, 1.54) is 0 Å². The van der Waals surface area contributed by atoms with E-state index in [0.717, 1.165) is 26.7 Å². The van der Waals surface area contributed by atoms with E-state index in [0.29, 0.717) is 23.2 Å². The first kappa shape index (κ1) is 18.4. The van der Waals surface area contributed by atoms with Crippen molar-refractivity contribution in [1.29, 1.82) is 0 Å². The lowest BCUT2D eigenvalue weighted by atomic mass is 10.1. The van der Waals surface area contributed by atoms with Gasteiger partial charge in [-0.05, 0) is 64.5 Å². The number of pyridine rings is 2. The van der Waals surface area contributed by atoms with E-state index in [1.54, 1.807) is 6.20 Å². The lowest BCUT2D eigenvalue weighted by Crippen LogP contribution is -1.98. The second kappa shape index (κ2) is 8.04. The Kier molecular flexibility index (Phi) is 4.94. The molecule has 0 fully saturated rings. The summed E-state index contributed by atoms with van der Waals surface area (Å²) in [6.45, 7) is 0.153. The van der Waals surface area contributed by atoms with Gasteiger partial charge in [0.05, 0.1) is 11.3 Å². The highest BCUT2D eigenvalue weighted by Gasteiger charge is 2.13. The van der Waals surface area contributed by atoms with Crippen LogP contribution in [0.5, 0.6) is 5.75 Å². The van der Waals surface area contributed by atoms with Crippen molar-refractivity contribution in [1.82, 2.24) is 20.2 Å². The first-order valence-electron chi connectivity index (χ1n) is 9.29. The summed E-state index contributed by atoms with van der Waals surface area (Å²) < 4.78 is 12.7. The molecule has 0 radical (unpaired) electrons. The Bertz CT molecular complexity index is 1340. The van der Waals surface area contributed by atoms with Crippen LogP contribution in [0, 0.1) is 0 Å². The van der Waals surface area contributed by atoms with Gasteiger partial charge in [-0.3, -0.25) is 0 Å². The van der Waals surface area contributed by atoms with Crippen molar-refractivity contribution >= 4 is 27.0 Å². The van der Waals surface area contributed by atoms with Gasteiger partial charge >= 0.3 is 0 Å². The molecule has 0 aliphatic rings. The molecule has 0 saturated heterocycles. The minimum absolute atomic E-state index is 0.153. The van der Waals surface area contributed by atoms with Crippen molar-refractivity contribution in [2.75, 3.05) is 0 Å². The molecular weight excluding hydrogens is 444 g/mol. The van der Waals surface area contributed by atoms with Gasteiger partial charge in [-0.25, -0.2) is 9.97 Å². The Morgan fingerprint density at radius 1 is 0.833 bits per heavy atom. The fourth-order valence-electron chi connectivity index (χ4n) is 3.10. The number of halogens is 1. The van der Waals surface area contributed by atoms with E-state index in [4.69, 9.17) is 9.15 Å². The number of nitrogens with zero attached hydrogens (tertiary/aromatic N) is 4. The summed E-state index contributed by atoms with van der Waals surface area (Å²) in [6.07, 6.45) is 1.74. The molecule has 5 rings (SSSR count). The van der Waals surface area contributed by atoms with E-state index < -0.39 is 0 Å². The summed E-state index contributed by atoms with van der Waals surface area (Å²) in [4.78, 5) is 9.01. The molecule has 0 amide bonds. The highest BCUT2D eigenvalue weighted by atomic mass is 79.9. The topological polar surface area (TPSA) is 73.9 Å². The van der Waals surface area contributed by atoms with Gasteiger partial charge in [0, 0.05) is 21.6 Å². The predicted molar refractivity (Wildman–Crippen MR) is 117 cm³/mol. The summed E-state index contributed by atoms with van der Waals surface area (Å²) in [6, 6.07) is 23.3. The zero-order valence-electron chi connectivity index (χ0n) is 15.7. The highest BCUT2D eigenvalue weighted by molar-refractivity contribution is 9.10. The fraction of sp³-hybridized carbons (Fsp3) is 0.0435. The van der Waals surface area contributed by atoms with Gasteiger partial charge in [0.15, 0.2) is 12.3 Å². The number of benzene rings is 2. The van der Waals surface area contributed by atoms with Crippen molar-refractivity contribution in [2.24, 2.45) is 0 Å². The highest BCUT2D eigenvalue weighted by Crippen LogP contribution is 2.31. The van der Waals surface area contributed by atoms with Crippen LogP contribution in [0.25, 0.3) is 33.7 Å². The first-order chi connectivity index (χ1) is 14.8. The average Bonchev–Trinajstić information content (AvgIpc) is 3.27. The van der Waals surface area contributed by atoms with Gasteiger partial charge in [0.25, 0.3) is 5.89 Å². The molecule has 3 aromatic heterocycles. The van der Waals surface area contributed by atoms with Crippen LogP contribution >= 0.6 is 15.9 Å². The molecule has 0 bridgehead atoms. The van der Waals surface area contributed by atoms with Crippen LogP contribution in [-0.4, -0.2) is 20.2 Å². The zero-order valence-corrected chi connectivity index (χ0v) is 17.3. The molecular formula is C23H15BrN4O2. The lowest BCUT2D eigenvalue weighted by molar-refractivity contribution is 0.265. The second-order valence-electron chi connectivity index (χ2n) is 6.51. The number of para-hydroxylation sites is 1. The van der Waals surface area contributed by atoms with Crippen molar-refractivity contribution in [3.8, 4) is 28.5 Å². The van der Waals surface area contributed by atoms with E-state index >= 15 is 0 Å². The second-order valence-corrected chi connectivity index (χ2v) is 7.37. The number of hydrogen-bond acceptors (Lipinski definition) is 6. The van der Waals surface area contributed by atoms with Crippen molar-refractivity contribution in [2.45, 2.75) is 6.61 Å². The average molecular weight is 459 g/mol. The molecule has 30 heavy (non-hydrogen) atoms. The van der Waals surface area contributed by atoms with Crippen LogP contribution in [-0.2, 0) is 6.61 Å². The molecule has 0 N–H and O–H groups in total. The number of rotatable bonds is 5. The molecule has 146 valence electrons. The first-order valence-corrected chi connectivity index (χ1v) is 10.1. The van der Waals surface area contributed by atoms with Crippen molar-refractivity contribution < 1.29 is 9.15 Å². The van der Waals surface area contributed by atoms with E-state index in [9.17, 15) is 0 Å². The van der Waals surface area contributed by atoms with Crippen LogP contribution in [0.4, 0.5) is 0 Å². The molecule has 0 aliphatic heterocycles. The fourth-order valence-corrected chi connectivity index (χ4v) is 3.56. The largest absolute Gasteiger partial charge is 0.483 e. The normalized spacial score (nSPS) is 11.0. The molecule has 0 spiro atoms. The Labute approximate surface area is 180 Å². The standard InChI is InChI=1S/C23H15BrN4O2/c24-18-9-3-1-7-16(18)23-28-27-21(30-23)14-29-20-10-4-2-8-17(20)19-12-11-15-6-5-13-25-22(15)26-19/h1-13H,14H2. The van der Waals surface area contributed by atoms with E-state index in [1.807, 2.05) is 72.8 Å². The van der Waals surface area contributed by atoms with Crippen molar-refractivity contribution in [3.63, 3.8) is 0 Å². The minimum Gasteiger partial charge on any atom is -0.483 e. The van der Waals surface area contributed by atoms with Crippen molar-refractivity contribution in [3.05, 3.63) is 89.4 Å². The predicted octanol–water partition coefficient (Wildman–Crippen LogP) is 5.69. The molecule has 0 atom stereocenters. The SMILES string of the molecule is Brc1ccccc1-c1nnc(COc2ccccc2-c2ccc3cccnc3n2)o1. The smallest absolute Gasteiger partial charge is 0.254 e. The molecule has 0 aliphatic carbocycles. The van der Waals surface area contributed by atoms with E-state index in [2.05, 4.69) is 36.1 Å². The Morgan fingerprint density at radius 2 is 1.67 bits per heavy atom. The lowest BCUT2D eigenvalue weighted by Gasteiger charge is -2.10. The molecule has 2 aromatic carbocycles. The third-order valence-corrected chi connectivity index (χ3v) is 5.24. The number of ether oxygens (including phenoxy) is 1. The summed E-state index contributed by atoms with van der Waals surface area (Å²) in [5, 5.41) is 9.22. The molecule has 3 heterocycles. The van der Waals surface area contributed by atoms with Gasteiger partial charge < -0.3 is 9.15 Å². The Hall–Kier alpha value is -3.58. The number of fused-ring (bicyclic) bond motifs is 1. The quantitative estimate of drug-likeness (QED) is 0.336. The summed E-state index contributed by atoms with van der Waals surface area (Å²) in [7, 11) is 0. The third-order valence-electron chi connectivity index (χ3n) is 4.55. The van der Waals surface area contributed by atoms with Crippen LogP contribution < -0.4 is 4.74 Å². The molecule has 7 heteroatoms. The van der Waals surface area contributed by atoms with E-state index in [-0.39, 0.29) is 6.61 Å². The maximum atomic E-state index is 6.00. The van der Waals surface area contributed by atoms with Gasteiger partial charge in [-0.1, -0.05) is 24.3 Å². The zero-order chi connectivity index (χ0) is 20.3. The minimum atomic E-state index is 0.153. The van der Waals surface area contributed by atoms with Crippen LogP contribution in [0.15, 0.2) is 87.9 Å². The molecule has 5 aromatic rings. The maximum Gasteiger partial charge on any atom is 0.254 e. The van der Waals surface area contributed by atoms with Gasteiger partial charge in [0.2, 0.25) is 5.89 Å². The van der Waals surface area contributed by atoms with Crippen LogP contribution in [0.2, 0.25) is 0 Å². The molecule has 0 unspecified atom stereocenters. The monoisotopic (exact) mass is 458 g/mol. The third kappa shape index (κ3) is 3.67. The summed E-state index contributed by atoms with van der Waals surface area (Å²) in [5.74, 6) is 1.52. The summed E-state index contributed by atoms with van der Waals surface area (Å²) in [5.41, 5.74) is 3.19. The Morgan fingerprint density at radius 3 is 2.57 bits per heavy atom. The Balaban J connectivity index is 1.39. The van der Waals surface area contributed by atoms with Crippen LogP contribution in [0.3, 0.4) is 0 Å². The van der Waals surface area contributed by atoms with Gasteiger partial charge in [-0.15, -0.1) is 10.2 Å². The number of hydrogen-bond donors (Lipinski definition) is 0. The van der Waals surface area contributed by atoms with Crippen LogP contribution in [0.1, 0.15) is 5.89 Å². The van der Waals surface area contributed by atoms with Gasteiger partial charge in [0.1, 0.15) is 5.75 Å². The maximum absolute atomic E-state index is 6.00.